The summed E-state index contributed by atoms with van der Waals surface area (Å²) in [6.45, 7) is 1.45. The van der Waals surface area contributed by atoms with Crippen LogP contribution < -0.4 is 10.6 Å². The number of primary amides is 1. The van der Waals surface area contributed by atoms with Crippen molar-refractivity contribution in [2.45, 2.75) is 6.42 Å². The molecule has 0 radical (unpaired) electrons. The maximum Gasteiger partial charge on any atom is 0.307 e. The van der Waals surface area contributed by atoms with E-state index in [1.54, 1.807) is 0 Å². The Morgan fingerprint density at radius 2 is 2.05 bits per heavy atom. The number of nitrogens with two attached hydrogens (primary N) is 1. The molecule has 1 aliphatic heterocycles. The molecule has 8 nitrogen and oxygen atoms in total. The molecule has 2 rings (SSSR count). The second kappa shape index (κ2) is 4.56. The van der Waals surface area contributed by atoms with Crippen molar-refractivity contribution in [3.05, 3.63) is 33.4 Å². The first-order valence-electron chi connectivity index (χ1n) is 5.48. The van der Waals surface area contributed by atoms with E-state index < -0.39 is 22.5 Å². The number of hydrogen-bond donors (Lipinski definition) is 2. The van der Waals surface area contributed by atoms with Crippen molar-refractivity contribution >= 4 is 23.3 Å². The van der Waals surface area contributed by atoms with Gasteiger partial charge in [0.05, 0.1) is 11.3 Å². The molecular formula is C11H11N3O5. The molecule has 0 unspecified atom stereocenters. The van der Waals surface area contributed by atoms with Gasteiger partial charge in [-0.2, -0.15) is 0 Å². The summed E-state index contributed by atoms with van der Waals surface area (Å²) in [5, 5.41) is 19.7. The van der Waals surface area contributed by atoms with Gasteiger partial charge in [-0.1, -0.05) is 0 Å². The van der Waals surface area contributed by atoms with E-state index in [1.807, 2.05) is 4.90 Å². The third-order valence-electron chi connectivity index (χ3n) is 2.79. The van der Waals surface area contributed by atoms with Crippen LogP contribution in [0, 0.1) is 10.1 Å². The molecule has 1 aromatic rings. The lowest BCUT2D eigenvalue weighted by Gasteiger charge is -2.11. The van der Waals surface area contributed by atoms with Gasteiger partial charge in [-0.15, -0.1) is 0 Å². The quantitative estimate of drug-likeness (QED) is 0.443. The molecule has 0 aromatic heterocycles. The van der Waals surface area contributed by atoms with Crippen molar-refractivity contribution in [2.24, 2.45) is 5.73 Å². The molecule has 0 spiro atoms. The molecule has 1 saturated heterocycles. The van der Waals surface area contributed by atoms with Gasteiger partial charge in [-0.05, 0) is 11.6 Å². The number of aliphatic carboxylic acids is 1. The summed E-state index contributed by atoms with van der Waals surface area (Å²) in [6, 6.07) is 2.41. The van der Waals surface area contributed by atoms with E-state index in [0.29, 0.717) is 11.3 Å². The number of hydrogen-bond acceptors (Lipinski definition) is 5. The summed E-state index contributed by atoms with van der Waals surface area (Å²) in [6.07, 6.45) is -0.342. The molecule has 1 heterocycles. The normalized spacial score (nSPS) is 13.2. The molecule has 1 aliphatic rings. The van der Waals surface area contributed by atoms with Gasteiger partial charge in [0.1, 0.15) is 5.56 Å². The maximum absolute atomic E-state index is 11.2. The van der Waals surface area contributed by atoms with E-state index in [1.165, 1.54) is 6.07 Å². The molecule has 100 valence electrons. The number of carboxylic acids is 1. The molecule has 19 heavy (non-hydrogen) atoms. The smallest absolute Gasteiger partial charge is 0.307 e. The Labute approximate surface area is 107 Å². The van der Waals surface area contributed by atoms with Crippen molar-refractivity contribution in [2.75, 3.05) is 18.0 Å². The Morgan fingerprint density at radius 1 is 1.42 bits per heavy atom. The zero-order valence-corrected chi connectivity index (χ0v) is 9.83. The van der Waals surface area contributed by atoms with Crippen LogP contribution >= 0.6 is 0 Å². The summed E-state index contributed by atoms with van der Waals surface area (Å²) in [4.78, 5) is 34.0. The van der Waals surface area contributed by atoms with Crippen LogP contribution in [-0.4, -0.2) is 35.0 Å². The van der Waals surface area contributed by atoms with Gasteiger partial charge < -0.3 is 15.7 Å². The number of rotatable bonds is 5. The van der Waals surface area contributed by atoms with E-state index in [2.05, 4.69) is 0 Å². The highest BCUT2D eigenvalue weighted by Gasteiger charge is 2.28. The highest BCUT2D eigenvalue weighted by atomic mass is 16.6. The van der Waals surface area contributed by atoms with Gasteiger partial charge in [0, 0.05) is 24.8 Å². The number of nitro groups is 1. The van der Waals surface area contributed by atoms with E-state index in [-0.39, 0.29) is 12.0 Å². The van der Waals surface area contributed by atoms with Crippen LogP contribution in [0.2, 0.25) is 0 Å². The van der Waals surface area contributed by atoms with Crippen molar-refractivity contribution in [1.29, 1.82) is 0 Å². The molecule has 0 aliphatic carbocycles. The summed E-state index contributed by atoms with van der Waals surface area (Å²) >= 11 is 0. The number of anilines is 1. The number of amides is 1. The zero-order valence-electron chi connectivity index (χ0n) is 9.83. The van der Waals surface area contributed by atoms with Gasteiger partial charge in [0.25, 0.3) is 11.6 Å². The molecule has 0 bridgehead atoms. The first-order chi connectivity index (χ1) is 8.90. The molecule has 1 amide bonds. The van der Waals surface area contributed by atoms with Crippen molar-refractivity contribution in [3.8, 4) is 0 Å². The number of carboxylic acid groups (broad SMARTS) is 1. The maximum atomic E-state index is 11.2. The minimum atomic E-state index is -1.09. The number of benzene rings is 1. The molecule has 8 heteroatoms. The summed E-state index contributed by atoms with van der Waals surface area (Å²) in [7, 11) is 0. The lowest BCUT2D eigenvalue weighted by molar-refractivity contribution is -0.385. The van der Waals surface area contributed by atoms with Gasteiger partial charge in [-0.3, -0.25) is 19.7 Å². The van der Waals surface area contributed by atoms with Crippen LogP contribution in [0.15, 0.2) is 12.1 Å². The van der Waals surface area contributed by atoms with Crippen LogP contribution in [0.25, 0.3) is 0 Å². The fourth-order valence-electron chi connectivity index (χ4n) is 1.86. The number of carbonyl (C=O) groups excluding carboxylic acids is 1. The van der Waals surface area contributed by atoms with Crippen LogP contribution in [0.5, 0.6) is 0 Å². The predicted molar refractivity (Wildman–Crippen MR) is 65.2 cm³/mol. The van der Waals surface area contributed by atoms with Crippen LogP contribution in [0.4, 0.5) is 11.4 Å². The van der Waals surface area contributed by atoms with E-state index >= 15 is 0 Å². The first-order valence-corrected chi connectivity index (χ1v) is 5.48. The lowest BCUT2D eigenvalue weighted by Crippen LogP contribution is -2.15. The second-order valence-corrected chi connectivity index (χ2v) is 4.18. The van der Waals surface area contributed by atoms with E-state index in [4.69, 9.17) is 10.8 Å². The molecule has 3 N–H and O–H groups in total. The summed E-state index contributed by atoms with van der Waals surface area (Å²) in [5.41, 5.74) is 5.27. The van der Waals surface area contributed by atoms with Gasteiger partial charge >= 0.3 is 5.97 Å². The average molecular weight is 265 g/mol. The molecule has 1 fully saturated rings. The average Bonchev–Trinajstić information content (AvgIpc) is 3.11. The van der Waals surface area contributed by atoms with Crippen LogP contribution in [-0.2, 0) is 11.2 Å². The third-order valence-corrected chi connectivity index (χ3v) is 2.79. The van der Waals surface area contributed by atoms with Crippen molar-refractivity contribution in [3.63, 3.8) is 0 Å². The standard InChI is InChI=1S/C11H11N3O5/c12-11(17)7-5-8(13-1-2-13)6(4-10(15)16)3-9(7)14(18)19/h3,5H,1-2,4H2,(H2,12,17)(H,15,16). The van der Waals surface area contributed by atoms with Crippen LogP contribution in [0.3, 0.4) is 0 Å². The first kappa shape index (κ1) is 12.8. The largest absolute Gasteiger partial charge is 0.481 e. The van der Waals surface area contributed by atoms with Crippen LogP contribution in [0.1, 0.15) is 15.9 Å². The van der Waals surface area contributed by atoms with Crippen molar-refractivity contribution in [1.82, 2.24) is 0 Å². The topological polar surface area (TPSA) is 127 Å². The zero-order chi connectivity index (χ0) is 14.2. The SMILES string of the molecule is NC(=O)c1cc(N2CC2)c(CC(=O)O)cc1[N+](=O)[O-]. The van der Waals surface area contributed by atoms with Gasteiger partial charge in [-0.25, -0.2) is 0 Å². The van der Waals surface area contributed by atoms with E-state index in [0.717, 1.165) is 19.2 Å². The minimum absolute atomic E-state index is 0.207. The van der Waals surface area contributed by atoms with Gasteiger partial charge in [0.15, 0.2) is 0 Å². The Bertz CT molecular complexity index is 580. The molecule has 0 saturated carbocycles. The van der Waals surface area contributed by atoms with Gasteiger partial charge in [0.2, 0.25) is 0 Å². The Hall–Kier alpha value is -2.64. The molecule has 1 aromatic carbocycles. The lowest BCUT2D eigenvalue weighted by atomic mass is 10.0. The molecule has 0 atom stereocenters. The number of carbonyl (C=O) groups is 2. The number of nitrogens with zero attached hydrogens (tertiary/aromatic N) is 2. The summed E-state index contributed by atoms with van der Waals surface area (Å²) in [5.74, 6) is -2.00. The monoisotopic (exact) mass is 265 g/mol. The van der Waals surface area contributed by atoms with E-state index in [9.17, 15) is 19.7 Å². The minimum Gasteiger partial charge on any atom is -0.481 e. The fourth-order valence-corrected chi connectivity index (χ4v) is 1.86. The summed E-state index contributed by atoms with van der Waals surface area (Å²) < 4.78 is 0. The highest BCUT2D eigenvalue weighted by molar-refractivity contribution is 5.98. The second-order valence-electron chi connectivity index (χ2n) is 4.18. The molecular weight excluding hydrogens is 254 g/mol. The van der Waals surface area contributed by atoms with Crippen molar-refractivity contribution < 1.29 is 19.6 Å². The highest BCUT2D eigenvalue weighted by Crippen LogP contribution is 2.32. The third kappa shape index (κ3) is 2.62. The number of nitro benzene ring substituents is 1. The fraction of sp³-hybridized carbons (Fsp3) is 0.273. The Kier molecular flexibility index (Phi) is 3.07. The Morgan fingerprint density at radius 3 is 2.47 bits per heavy atom. The predicted octanol–water partition coefficient (Wildman–Crippen LogP) is 0.141. The Balaban J connectivity index is 2.58.